The molecule has 2 amide bonds. The molecule has 2 aliphatic heterocycles. The fourth-order valence-electron chi connectivity index (χ4n) is 4.49. The molecule has 5 rings (SSSR count). The monoisotopic (exact) mass is 552 g/mol. The standard InChI is InChI=1S/C29H24F4N4O3/c1-40-22-4-2-3-19(13-22)15-34-27(38)20-7-5-18(6-8-20)16-36-12-11-26-23(17-36)28(39)37(35-26)21-9-10-25(30)24(14-21)29(31,32)33/h2-10,13-14,17H,11-12,15-16H2,1H3,(H,34,38). The topological polar surface area (TPSA) is 74.2 Å². The predicted molar refractivity (Wildman–Crippen MR) is 140 cm³/mol. The first-order valence-electron chi connectivity index (χ1n) is 12.4. The number of alkyl halides is 3. The summed E-state index contributed by atoms with van der Waals surface area (Å²) in [6.45, 7) is 1.33. The molecule has 0 saturated carbocycles. The molecular formula is C29H24F4N4O3. The highest BCUT2D eigenvalue weighted by Crippen LogP contribution is 2.36. The Kier molecular flexibility index (Phi) is 7.29. The van der Waals surface area contributed by atoms with E-state index in [1.54, 1.807) is 25.4 Å². The highest BCUT2D eigenvalue weighted by Gasteiger charge is 2.38. The van der Waals surface area contributed by atoms with Crippen LogP contribution in [-0.4, -0.2) is 36.1 Å². The van der Waals surface area contributed by atoms with Gasteiger partial charge in [0.05, 0.1) is 29.6 Å². The molecule has 0 saturated heterocycles. The predicted octanol–water partition coefficient (Wildman–Crippen LogP) is 5.28. The van der Waals surface area contributed by atoms with E-state index in [-0.39, 0.29) is 17.2 Å². The third-order valence-electron chi connectivity index (χ3n) is 6.59. The van der Waals surface area contributed by atoms with Crippen LogP contribution in [0, 0.1) is 5.82 Å². The summed E-state index contributed by atoms with van der Waals surface area (Å²) >= 11 is 0. The number of fused-ring (bicyclic) bond motifs is 1. The number of nitrogens with one attached hydrogen (secondary N) is 1. The van der Waals surface area contributed by atoms with Crippen molar-refractivity contribution in [3.8, 4) is 5.75 Å². The van der Waals surface area contributed by atoms with Crippen molar-refractivity contribution in [2.45, 2.75) is 25.7 Å². The number of ether oxygens (including phenoxy) is 1. The molecule has 0 aliphatic carbocycles. The van der Waals surface area contributed by atoms with Gasteiger partial charge >= 0.3 is 6.18 Å². The number of benzene rings is 3. The molecule has 2 aliphatic rings. The molecule has 0 fully saturated rings. The lowest BCUT2D eigenvalue weighted by Crippen LogP contribution is -2.29. The number of anilines is 1. The van der Waals surface area contributed by atoms with Crippen molar-refractivity contribution in [2.24, 2.45) is 5.10 Å². The second-order valence-corrected chi connectivity index (χ2v) is 9.32. The normalized spacial score (nSPS) is 15.0. The number of hydrogen-bond donors (Lipinski definition) is 1. The van der Waals surface area contributed by atoms with Gasteiger partial charge in [-0.25, -0.2) is 4.39 Å². The molecule has 3 aromatic rings. The van der Waals surface area contributed by atoms with Crippen LogP contribution in [-0.2, 0) is 24.1 Å². The first-order valence-corrected chi connectivity index (χ1v) is 12.4. The largest absolute Gasteiger partial charge is 0.497 e. The third kappa shape index (κ3) is 5.68. The lowest BCUT2D eigenvalue weighted by atomic mass is 10.0. The van der Waals surface area contributed by atoms with E-state index in [0.29, 0.717) is 55.2 Å². The van der Waals surface area contributed by atoms with Gasteiger partial charge in [-0.05, 0) is 53.6 Å². The van der Waals surface area contributed by atoms with Gasteiger partial charge in [-0.1, -0.05) is 24.3 Å². The maximum atomic E-state index is 13.7. The van der Waals surface area contributed by atoms with Crippen molar-refractivity contribution in [2.75, 3.05) is 18.7 Å². The third-order valence-corrected chi connectivity index (χ3v) is 6.59. The van der Waals surface area contributed by atoms with Gasteiger partial charge in [0.15, 0.2) is 0 Å². The molecule has 2 heterocycles. The Morgan fingerprint density at radius 1 is 1.05 bits per heavy atom. The van der Waals surface area contributed by atoms with Gasteiger partial charge in [0, 0.05) is 37.8 Å². The van der Waals surface area contributed by atoms with Gasteiger partial charge in [-0.15, -0.1) is 0 Å². The maximum Gasteiger partial charge on any atom is 0.419 e. The number of nitrogens with zero attached hydrogens (tertiary/aromatic N) is 3. The number of amides is 2. The van der Waals surface area contributed by atoms with Crippen molar-refractivity contribution < 1.29 is 31.9 Å². The molecule has 1 N–H and O–H groups in total. The van der Waals surface area contributed by atoms with Crippen molar-refractivity contribution in [3.63, 3.8) is 0 Å². The number of hydrogen-bond acceptors (Lipinski definition) is 5. The molecule has 206 valence electrons. The average Bonchev–Trinajstić information content (AvgIpc) is 3.27. The van der Waals surface area contributed by atoms with Gasteiger partial charge in [0.1, 0.15) is 11.6 Å². The Bertz CT molecular complexity index is 1520. The summed E-state index contributed by atoms with van der Waals surface area (Å²) in [5.74, 6) is -1.51. The number of carbonyl (C=O) groups is 2. The lowest BCUT2D eigenvalue weighted by molar-refractivity contribution is -0.140. The van der Waals surface area contributed by atoms with Crippen LogP contribution >= 0.6 is 0 Å². The summed E-state index contributed by atoms with van der Waals surface area (Å²) in [5.41, 5.74) is 1.43. The van der Waals surface area contributed by atoms with Gasteiger partial charge in [0.2, 0.25) is 0 Å². The van der Waals surface area contributed by atoms with E-state index in [4.69, 9.17) is 4.74 Å². The van der Waals surface area contributed by atoms with E-state index in [9.17, 15) is 27.2 Å². The number of carbonyl (C=O) groups excluding carboxylic acids is 2. The molecule has 11 heteroatoms. The number of hydrazone groups is 1. The summed E-state index contributed by atoms with van der Waals surface area (Å²) in [6.07, 6.45) is -2.86. The number of halogens is 4. The van der Waals surface area contributed by atoms with Crippen molar-refractivity contribution in [1.82, 2.24) is 10.2 Å². The van der Waals surface area contributed by atoms with Gasteiger partial charge < -0.3 is 15.0 Å². The zero-order chi connectivity index (χ0) is 28.4. The van der Waals surface area contributed by atoms with Crippen LogP contribution in [0.1, 0.15) is 33.5 Å². The van der Waals surface area contributed by atoms with E-state index in [1.807, 2.05) is 41.3 Å². The quantitative estimate of drug-likeness (QED) is 0.405. The molecule has 0 aromatic heterocycles. The van der Waals surface area contributed by atoms with Crippen molar-refractivity contribution >= 4 is 23.2 Å². The Balaban J connectivity index is 1.22. The maximum absolute atomic E-state index is 13.7. The Labute approximate surface area is 227 Å². The van der Waals surface area contributed by atoms with E-state index < -0.39 is 23.5 Å². The van der Waals surface area contributed by atoms with Crippen molar-refractivity contribution in [1.29, 1.82) is 0 Å². The first-order chi connectivity index (χ1) is 19.1. The van der Waals surface area contributed by atoms with Gasteiger partial charge in [-0.2, -0.15) is 23.3 Å². The minimum Gasteiger partial charge on any atom is -0.497 e. The fourth-order valence-corrected chi connectivity index (χ4v) is 4.49. The van der Waals surface area contributed by atoms with E-state index in [2.05, 4.69) is 10.4 Å². The zero-order valence-corrected chi connectivity index (χ0v) is 21.3. The molecule has 0 spiro atoms. The van der Waals surface area contributed by atoms with E-state index >= 15 is 0 Å². The summed E-state index contributed by atoms with van der Waals surface area (Å²) in [6, 6.07) is 16.9. The number of rotatable bonds is 7. The smallest absolute Gasteiger partial charge is 0.419 e. The van der Waals surface area contributed by atoms with E-state index in [0.717, 1.165) is 22.2 Å². The zero-order valence-electron chi connectivity index (χ0n) is 21.3. The van der Waals surface area contributed by atoms with Crippen LogP contribution in [0.3, 0.4) is 0 Å². The molecule has 0 unspecified atom stereocenters. The van der Waals surface area contributed by atoms with Crippen LogP contribution in [0.2, 0.25) is 0 Å². The Hall–Kier alpha value is -4.67. The minimum absolute atomic E-state index is 0.159. The molecular weight excluding hydrogens is 528 g/mol. The van der Waals surface area contributed by atoms with E-state index in [1.165, 1.54) is 0 Å². The van der Waals surface area contributed by atoms with Crippen LogP contribution in [0.5, 0.6) is 5.75 Å². The Morgan fingerprint density at radius 3 is 2.55 bits per heavy atom. The summed E-state index contributed by atoms with van der Waals surface area (Å²) in [5, 5.41) is 7.95. The number of methoxy groups -OCH3 is 1. The first kappa shape index (κ1) is 26.9. The highest BCUT2D eigenvalue weighted by molar-refractivity contribution is 6.30. The molecule has 7 nitrogen and oxygen atoms in total. The summed E-state index contributed by atoms with van der Waals surface area (Å²) in [4.78, 5) is 27.5. The molecule has 0 atom stereocenters. The van der Waals surface area contributed by atoms with Gasteiger partial charge in [-0.3, -0.25) is 9.59 Å². The minimum atomic E-state index is -4.90. The molecule has 40 heavy (non-hydrogen) atoms. The SMILES string of the molecule is COc1cccc(CNC(=O)c2ccc(CN3C=C4C(=O)N(c5ccc(F)c(C(F)(F)F)c5)N=C4CC3)cc2)c1. The van der Waals surface area contributed by atoms with Gasteiger partial charge in [0.25, 0.3) is 11.8 Å². The molecule has 3 aromatic carbocycles. The second kappa shape index (κ2) is 10.8. The second-order valence-electron chi connectivity index (χ2n) is 9.32. The fraction of sp³-hybridized carbons (Fsp3) is 0.207. The molecule has 0 radical (unpaired) electrons. The van der Waals surface area contributed by atoms with Crippen molar-refractivity contribution in [3.05, 3.63) is 107 Å². The molecule has 0 bridgehead atoms. The summed E-state index contributed by atoms with van der Waals surface area (Å²) < 4.78 is 58.3. The van der Waals surface area contributed by atoms with Crippen LogP contribution in [0.15, 0.2) is 83.6 Å². The lowest BCUT2D eigenvalue weighted by Gasteiger charge is -2.25. The highest BCUT2D eigenvalue weighted by atomic mass is 19.4. The van der Waals surface area contributed by atoms with Crippen LogP contribution in [0.25, 0.3) is 0 Å². The Morgan fingerprint density at radius 2 is 1.82 bits per heavy atom. The van der Waals surface area contributed by atoms with Crippen LogP contribution < -0.4 is 15.1 Å². The average molecular weight is 553 g/mol. The summed E-state index contributed by atoms with van der Waals surface area (Å²) in [7, 11) is 1.58. The van der Waals surface area contributed by atoms with Crippen LogP contribution in [0.4, 0.5) is 23.2 Å².